The Bertz CT molecular complexity index is 734. The van der Waals surface area contributed by atoms with E-state index < -0.39 is 30.2 Å². The highest BCUT2D eigenvalue weighted by molar-refractivity contribution is 5.96. The Morgan fingerprint density at radius 3 is 2.46 bits per heavy atom. The Morgan fingerprint density at radius 2 is 1.75 bits per heavy atom. The maximum atomic E-state index is 13.0. The molecule has 0 aliphatic carbocycles. The van der Waals surface area contributed by atoms with E-state index in [-0.39, 0.29) is 12.2 Å². The molecular formula is C17H15FN2O4. The molecule has 0 spiro atoms. The van der Waals surface area contributed by atoms with E-state index in [1.165, 1.54) is 18.2 Å². The lowest BCUT2D eigenvalue weighted by atomic mass is 10.2. The molecule has 0 heterocycles. The average Bonchev–Trinajstić information content (AvgIpc) is 2.58. The molecule has 0 aliphatic heterocycles. The smallest absolute Gasteiger partial charge is 0.325 e. The maximum Gasteiger partial charge on any atom is 0.325 e. The first-order valence-electron chi connectivity index (χ1n) is 7.09. The van der Waals surface area contributed by atoms with Crippen LogP contribution in [0.25, 0.3) is 0 Å². The van der Waals surface area contributed by atoms with Gasteiger partial charge >= 0.3 is 5.97 Å². The fourth-order valence-electron chi connectivity index (χ4n) is 1.80. The second-order valence-electron chi connectivity index (χ2n) is 4.77. The van der Waals surface area contributed by atoms with Crippen LogP contribution >= 0.6 is 0 Å². The minimum Gasteiger partial charge on any atom is -0.454 e. The molecule has 0 bridgehead atoms. The first-order valence-corrected chi connectivity index (χ1v) is 7.09. The van der Waals surface area contributed by atoms with Gasteiger partial charge in [-0.1, -0.05) is 24.3 Å². The number of esters is 1. The molecule has 0 aliphatic rings. The molecule has 2 rings (SSSR count). The minimum absolute atomic E-state index is 0.258. The highest BCUT2D eigenvalue weighted by atomic mass is 19.1. The van der Waals surface area contributed by atoms with Gasteiger partial charge in [-0.05, 0) is 30.3 Å². The number of carbonyl (C=O) groups excluding carboxylic acids is 3. The van der Waals surface area contributed by atoms with Crippen LogP contribution in [0.5, 0.6) is 0 Å². The average molecular weight is 330 g/mol. The fraction of sp³-hybridized carbons (Fsp3) is 0.118. The first kappa shape index (κ1) is 17.1. The van der Waals surface area contributed by atoms with Crippen LogP contribution in [0.15, 0.2) is 54.6 Å². The molecule has 2 amide bonds. The molecule has 0 saturated carbocycles. The van der Waals surface area contributed by atoms with Gasteiger partial charge in [0, 0.05) is 11.3 Å². The van der Waals surface area contributed by atoms with Crippen molar-refractivity contribution in [2.45, 2.75) is 0 Å². The molecule has 6 nitrogen and oxygen atoms in total. The molecular weight excluding hydrogens is 315 g/mol. The van der Waals surface area contributed by atoms with Crippen molar-refractivity contribution in [3.63, 3.8) is 0 Å². The first-order chi connectivity index (χ1) is 11.5. The quantitative estimate of drug-likeness (QED) is 0.790. The van der Waals surface area contributed by atoms with Crippen molar-refractivity contribution in [2.75, 3.05) is 18.5 Å². The topological polar surface area (TPSA) is 84.5 Å². The molecule has 124 valence electrons. The molecule has 2 N–H and O–H groups in total. The van der Waals surface area contributed by atoms with E-state index in [9.17, 15) is 18.8 Å². The van der Waals surface area contributed by atoms with E-state index in [0.717, 1.165) is 6.07 Å². The number of amides is 2. The third-order valence-electron chi connectivity index (χ3n) is 2.90. The summed E-state index contributed by atoms with van der Waals surface area (Å²) in [5, 5.41) is 4.77. The van der Waals surface area contributed by atoms with Gasteiger partial charge in [0.1, 0.15) is 12.4 Å². The molecule has 0 aromatic heterocycles. The Morgan fingerprint density at radius 1 is 1.00 bits per heavy atom. The largest absolute Gasteiger partial charge is 0.454 e. The molecule has 0 saturated heterocycles. The van der Waals surface area contributed by atoms with E-state index in [0.29, 0.717) is 5.56 Å². The minimum atomic E-state index is -0.756. The summed E-state index contributed by atoms with van der Waals surface area (Å²) in [5.74, 6) is -2.28. The van der Waals surface area contributed by atoms with Gasteiger partial charge in [-0.3, -0.25) is 14.4 Å². The number of nitrogens with one attached hydrogen (secondary N) is 2. The predicted octanol–water partition coefficient (Wildman–Crippen LogP) is 1.74. The van der Waals surface area contributed by atoms with Gasteiger partial charge in [0.2, 0.25) is 0 Å². The number of ether oxygens (including phenoxy) is 1. The number of halogens is 1. The number of carbonyl (C=O) groups is 3. The van der Waals surface area contributed by atoms with Crippen molar-refractivity contribution in [1.82, 2.24) is 5.32 Å². The standard InChI is InChI=1S/C17H15FN2O4/c18-13-7-4-8-14(9-13)20-15(21)11-24-16(22)10-19-17(23)12-5-2-1-3-6-12/h1-9H,10-11H2,(H,19,23)(H,20,21). The normalized spacial score (nSPS) is 9.88. The molecule has 2 aromatic rings. The van der Waals surface area contributed by atoms with Crippen molar-refractivity contribution in [3.05, 3.63) is 66.0 Å². The van der Waals surface area contributed by atoms with Gasteiger partial charge in [-0.15, -0.1) is 0 Å². The van der Waals surface area contributed by atoms with Gasteiger partial charge in [0.25, 0.3) is 11.8 Å². The third-order valence-corrected chi connectivity index (χ3v) is 2.90. The highest BCUT2D eigenvalue weighted by Crippen LogP contribution is 2.08. The van der Waals surface area contributed by atoms with Crippen molar-refractivity contribution in [3.8, 4) is 0 Å². The van der Waals surface area contributed by atoms with Crippen molar-refractivity contribution < 1.29 is 23.5 Å². The lowest BCUT2D eigenvalue weighted by molar-refractivity contribution is -0.146. The van der Waals surface area contributed by atoms with Gasteiger partial charge in [0.05, 0.1) is 0 Å². The summed E-state index contributed by atoms with van der Waals surface area (Å²) >= 11 is 0. The van der Waals surface area contributed by atoms with Crippen LogP contribution in [0.1, 0.15) is 10.4 Å². The molecule has 2 aromatic carbocycles. The fourth-order valence-corrected chi connectivity index (χ4v) is 1.80. The zero-order chi connectivity index (χ0) is 17.4. The number of benzene rings is 2. The van der Waals surface area contributed by atoms with Crippen LogP contribution in [0.4, 0.5) is 10.1 Å². The zero-order valence-corrected chi connectivity index (χ0v) is 12.6. The van der Waals surface area contributed by atoms with Crippen LogP contribution < -0.4 is 10.6 Å². The summed E-state index contributed by atoms with van der Waals surface area (Å²) in [7, 11) is 0. The summed E-state index contributed by atoms with van der Waals surface area (Å²) in [6, 6.07) is 13.7. The SMILES string of the molecule is O=C(COC(=O)CNC(=O)c1ccccc1)Nc1cccc(F)c1. The van der Waals surface area contributed by atoms with Gasteiger partial charge in [-0.25, -0.2) is 4.39 Å². The summed E-state index contributed by atoms with van der Waals surface area (Å²) < 4.78 is 17.7. The molecule has 24 heavy (non-hydrogen) atoms. The Kier molecular flexibility index (Phi) is 6.01. The van der Waals surface area contributed by atoms with Crippen molar-refractivity contribution in [2.24, 2.45) is 0 Å². The second kappa shape index (κ2) is 8.42. The van der Waals surface area contributed by atoms with E-state index in [1.807, 2.05) is 0 Å². The molecule has 0 fully saturated rings. The Labute approximate surface area is 137 Å². The van der Waals surface area contributed by atoms with Crippen LogP contribution in [-0.2, 0) is 14.3 Å². The van der Waals surface area contributed by atoms with E-state index >= 15 is 0 Å². The Hall–Kier alpha value is -3.22. The Balaban J connectivity index is 1.71. The number of anilines is 1. The van der Waals surface area contributed by atoms with Gasteiger partial charge in [0.15, 0.2) is 6.61 Å². The van der Waals surface area contributed by atoms with Crippen LogP contribution in [0, 0.1) is 5.82 Å². The molecule has 0 radical (unpaired) electrons. The monoisotopic (exact) mass is 330 g/mol. The summed E-state index contributed by atoms with van der Waals surface area (Å²) in [4.78, 5) is 34.8. The maximum absolute atomic E-state index is 13.0. The summed E-state index contributed by atoms with van der Waals surface area (Å²) in [6.45, 7) is -0.891. The third kappa shape index (κ3) is 5.53. The number of hydrogen-bond acceptors (Lipinski definition) is 4. The molecule has 7 heteroatoms. The second-order valence-corrected chi connectivity index (χ2v) is 4.77. The van der Waals surface area contributed by atoms with Crippen molar-refractivity contribution in [1.29, 1.82) is 0 Å². The zero-order valence-electron chi connectivity index (χ0n) is 12.6. The number of rotatable bonds is 6. The molecule has 0 atom stereocenters. The highest BCUT2D eigenvalue weighted by Gasteiger charge is 2.10. The van der Waals surface area contributed by atoms with E-state index in [2.05, 4.69) is 10.6 Å². The van der Waals surface area contributed by atoms with E-state index in [4.69, 9.17) is 4.74 Å². The predicted molar refractivity (Wildman–Crippen MR) is 84.8 cm³/mol. The number of hydrogen-bond donors (Lipinski definition) is 2. The lowest BCUT2D eigenvalue weighted by Gasteiger charge is -2.07. The summed E-state index contributed by atoms with van der Waals surface area (Å²) in [5.41, 5.74) is 0.669. The van der Waals surface area contributed by atoms with Crippen molar-refractivity contribution >= 4 is 23.5 Å². The molecule has 0 unspecified atom stereocenters. The lowest BCUT2D eigenvalue weighted by Crippen LogP contribution is -2.32. The van der Waals surface area contributed by atoms with Gasteiger partial charge < -0.3 is 15.4 Å². The summed E-state index contributed by atoms with van der Waals surface area (Å²) in [6.07, 6.45) is 0. The van der Waals surface area contributed by atoms with Crippen LogP contribution in [-0.4, -0.2) is 30.9 Å². The van der Waals surface area contributed by atoms with Crippen LogP contribution in [0.2, 0.25) is 0 Å². The van der Waals surface area contributed by atoms with E-state index in [1.54, 1.807) is 30.3 Å². The van der Waals surface area contributed by atoms with Gasteiger partial charge in [-0.2, -0.15) is 0 Å². The van der Waals surface area contributed by atoms with Crippen LogP contribution in [0.3, 0.4) is 0 Å².